The minimum absolute atomic E-state index is 0.144. The summed E-state index contributed by atoms with van der Waals surface area (Å²) in [6.45, 7) is 10.7. The Hall–Kier alpha value is -0.480. The fraction of sp³-hybridized carbons (Fsp3) is 0.833. The average Bonchev–Trinajstić information content (AvgIpc) is 1.98. The first-order chi connectivity index (χ1) is 5.95. The molecule has 0 aromatic carbocycles. The Morgan fingerprint density at radius 1 is 1.23 bits per heavy atom. The van der Waals surface area contributed by atoms with Gasteiger partial charge in [-0.25, -0.2) is 0 Å². The van der Waals surface area contributed by atoms with Gasteiger partial charge in [0.25, 0.3) is 0 Å². The molecule has 0 fully saturated rings. The van der Waals surface area contributed by atoms with Gasteiger partial charge >= 0.3 is 0 Å². The van der Waals surface area contributed by atoms with Gasteiger partial charge in [-0.15, -0.1) is 0 Å². The molecule has 0 rings (SSSR count). The molecule has 0 radical (unpaired) electrons. The minimum Gasteiger partial charge on any atom is -0.295 e. The molecule has 1 heteroatoms. The summed E-state index contributed by atoms with van der Waals surface area (Å²) in [4.78, 5) is 2.28. The summed E-state index contributed by atoms with van der Waals surface area (Å²) in [7, 11) is 2.13. The summed E-state index contributed by atoms with van der Waals surface area (Å²) in [6, 6.07) is 0. The largest absolute Gasteiger partial charge is 0.295 e. The molecule has 0 spiro atoms. The molecule has 0 saturated heterocycles. The van der Waals surface area contributed by atoms with Gasteiger partial charge < -0.3 is 0 Å². The molecule has 0 aromatic rings. The summed E-state index contributed by atoms with van der Waals surface area (Å²) in [5, 5.41) is 0. The molecule has 0 N–H and O–H groups in total. The van der Waals surface area contributed by atoms with Crippen LogP contribution in [0.1, 0.15) is 40.5 Å². The van der Waals surface area contributed by atoms with Gasteiger partial charge in [0, 0.05) is 5.41 Å². The average molecular weight is 181 g/mol. The third-order valence-corrected chi connectivity index (χ3v) is 1.71. The highest BCUT2D eigenvalue weighted by Gasteiger charge is 2.03. The first-order valence-electron chi connectivity index (χ1n) is 5.14. The van der Waals surface area contributed by atoms with Crippen molar-refractivity contribution in [2.75, 3.05) is 20.1 Å². The molecule has 0 unspecified atom stereocenters. The van der Waals surface area contributed by atoms with Crippen LogP contribution in [0.2, 0.25) is 0 Å². The normalized spacial score (nSPS) is 11.2. The minimum atomic E-state index is 0.144. The smallest absolute Gasteiger partial charge is 0.0599 e. The molecule has 0 aliphatic rings. The monoisotopic (exact) mass is 181 g/mol. The van der Waals surface area contributed by atoms with E-state index in [2.05, 4.69) is 51.5 Å². The van der Waals surface area contributed by atoms with Crippen LogP contribution in [-0.4, -0.2) is 25.0 Å². The Bertz CT molecular complexity index is 178. The summed E-state index contributed by atoms with van der Waals surface area (Å²) < 4.78 is 0. The standard InChI is InChI=1S/C12H23N/c1-6-7-10-13(5)11-8-9-12(2,3)4/h6-7,10-11H2,1-5H3. The maximum atomic E-state index is 3.24. The molecule has 1 nitrogen and oxygen atoms in total. The van der Waals surface area contributed by atoms with Crippen LogP contribution < -0.4 is 0 Å². The zero-order valence-electron chi connectivity index (χ0n) is 9.78. The van der Waals surface area contributed by atoms with Gasteiger partial charge in [0.2, 0.25) is 0 Å². The first-order valence-corrected chi connectivity index (χ1v) is 5.14. The summed E-state index contributed by atoms with van der Waals surface area (Å²) in [5.74, 6) is 6.45. The van der Waals surface area contributed by atoms with Crippen LogP contribution in [0.4, 0.5) is 0 Å². The summed E-state index contributed by atoms with van der Waals surface area (Å²) >= 11 is 0. The van der Waals surface area contributed by atoms with E-state index in [1.165, 1.54) is 12.8 Å². The number of hydrogen-bond donors (Lipinski definition) is 0. The molecule has 0 heterocycles. The number of rotatable bonds is 4. The molecular weight excluding hydrogens is 158 g/mol. The highest BCUT2D eigenvalue weighted by Crippen LogP contribution is 2.09. The predicted molar refractivity (Wildman–Crippen MR) is 59.6 cm³/mol. The fourth-order valence-corrected chi connectivity index (χ4v) is 0.947. The van der Waals surface area contributed by atoms with Gasteiger partial charge in [-0.2, -0.15) is 0 Å². The summed E-state index contributed by atoms with van der Waals surface area (Å²) in [6.07, 6.45) is 2.53. The van der Waals surface area contributed by atoms with E-state index in [-0.39, 0.29) is 5.41 Å². The second kappa shape index (κ2) is 6.05. The van der Waals surface area contributed by atoms with Crippen molar-refractivity contribution in [1.82, 2.24) is 4.90 Å². The Morgan fingerprint density at radius 2 is 1.85 bits per heavy atom. The molecule has 0 saturated carbocycles. The lowest BCUT2D eigenvalue weighted by Crippen LogP contribution is -2.20. The van der Waals surface area contributed by atoms with Crippen LogP contribution in [0.15, 0.2) is 0 Å². The van der Waals surface area contributed by atoms with Crippen molar-refractivity contribution in [3.63, 3.8) is 0 Å². The van der Waals surface area contributed by atoms with Crippen molar-refractivity contribution in [1.29, 1.82) is 0 Å². The lowest BCUT2D eigenvalue weighted by atomic mass is 9.98. The van der Waals surface area contributed by atoms with Gasteiger partial charge in [-0.05, 0) is 40.8 Å². The van der Waals surface area contributed by atoms with Gasteiger partial charge in [0.1, 0.15) is 0 Å². The lowest BCUT2D eigenvalue weighted by molar-refractivity contribution is 0.367. The van der Waals surface area contributed by atoms with Gasteiger partial charge in [0.05, 0.1) is 6.54 Å². The lowest BCUT2D eigenvalue weighted by Gasteiger charge is -2.12. The number of hydrogen-bond acceptors (Lipinski definition) is 1. The Morgan fingerprint density at radius 3 is 2.31 bits per heavy atom. The van der Waals surface area contributed by atoms with E-state index >= 15 is 0 Å². The molecule has 13 heavy (non-hydrogen) atoms. The zero-order chi connectivity index (χ0) is 10.3. The Kier molecular flexibility index (Phi) is 5.82. The van der Waals surface area contributed by atoms with Gasteiger partial charge in [0.15, 0.2) is 0 Å². The third kappa shape index (κ3) is 9.43. The second-order valence-electron chi connectivity index (χ2n) is 4.64. The van der Waals surface area contributed by atoms with Crippen LogP contribution in [0, 0.1) is 17.3 Å². The molecule has 0 amide bonds. The van der Waals surface area contributed by atoms with Gasteiger partial charge in [-0.1, -0.05) is 25.2 Å². The number of nitrogens with zero attached hydrogens (tertiary/aromatic N) is 1. The topological polar surface area (TPSA) is 3.24 Å². The molecule has 0 bridgehead atoms. The second-order valence-corrected chi connectivity index (χ2v) is 4.64. The molecule has 0 aliphatic heterocycles. The van der Waals surface area contributed by atoms with Crippen LogP contribution in [0.3, 0.4) is 0 Å². The van der Waals surface area contributed by atoms with Crippen molar-refractivity contribution in [3.05, 3.63) is 0 Å². The van der Waals surface area contributed by atoms with Crippen molar-refractivity contribution >= 4 is 0 Å². The molecule has 76 valence electrons. The van der Waals surface area contributed by atoms with Crippen LogP contribution in [-0.2, 0) is 0 Å². The van der Waals surface area contributed by atoms with Crippen molar-refractivity contribution < 1.29 is 0 Å². The van der Waals surface area contributed by atoms with E-state index < -0.39 is 0 Å². The van der Waals surface area contributed by atoms with Crippen molar-refractivity contribution in [2.24, 2.45) is 5.41 Å². The fourth-order valence-electron chi connectivity index (χ4n) is 0.947. The Balaban J connectivity index is 3.66. The quantitative estimate of drug-likeness (QED) is 0.603. The van der Waals surface area contributed by atoms with E-state index in [1.807, 2.05) is 0 Å². The molecule has 0 aliphatic carbocycles. The van der Waals surface area contributed by atoms with Crippen LogP contribution in [0.25, 0.3) is 0 Å². The van der Waals surface area contributed by atoms with E-state index in [4.69, 9.17) is 0 Å². The predicted octanol–water partition coefficient (Wildman–Crippen LogP) is 2.77. The molecule has 0 atom stereocenters. The van der Waals surface area contributed by atoms with E-state index in [9.17, 15) is 0 Å². The first kappa shape index (κ1) is 12.5. The van der Waals surface area contributed by atoms with Crippen LogP contribution in [0.5, 0.6) is 0 Å². The highest BCUT2D eigenvalue weighted by molar-refractivity contribution is 5.08. The van der Waals surface area contributed by atoms with E-state index in [0.29, 0.717) is 0 Å². The maximum Gasteiger partial charge on any atom is 0.0599 e. The maximum absolute atomic E-state index is 3.24. The van der Waals surface area contributed by atoms with E-state index in [1.54, 1.807) is 0 Å². The van der Waals surface area contributed by atoms with Crippen molar-refractivity contribution in [2.45, 2.75) is 40.5 Å². The molecular formula is C12H23N. The van der Waals surface area contributed by atoms with Crippen LogP contribution >= 0.6 is 0 Å². The Labute approximate surface area is 83.5 Å². The number of unbranched alkanes of at least 4 members (excludes halogenated alkanes) is 1. The highest BCUT2D eigenvalue weighted by atomic mass is 15.1. The SMILES string of the molecule is CCCCN(C)CC#CC(C)(C)C. The molecule has 0 aromatic heterocycles. The third-order valence-electron chi connectivity index (χ3n) is 1.71. The van der Waals surface area contributed by atoms with Crippen molar-refractivity contribution in [3.8, 4) is 11.8 Å². The van der Waals surface area contributed by atoms with Gasteiger partial charge in [-0.3, -0.25) is 4.90 Å². The zero-order valence-corrected chi connectivity index (χ0v) is 9.78. The summed E-state index contributed by atoms with van der Waals surface area (Å²) in [5.41, 5.74) is 0.144. The van der Waals surface area contributed by atoms with E-state index in [0.717, 1.165) is 13.1 Å².